The van der Waals surface area contributed by atoms with Crippen LogP contribution in [0.4, 0.5) is 5.69 Å². The molecule has 1 atom stereocenters. The average Bonchev–Trinajstić information content (AvgIpc) is 2.45. The number of nitrogens with one attached hydrogen (secondary N) is 2. The van der Waals surface area contributed by atoms with Crippen LogP contribution >= 0.6 is 0 Å². The number of hydrogen-bond donors (Lipinski definition) is 4. The first-order chi connectivity index (χ1) is 9.56. The molecule has 0 bridgehead atoms. The Labute approximate surface area is 117 Å². The van der Waals surface area contributed by atoms with Gasteiger partial charge in [-0.3, -0.25) is 9.59 Å². The van der Waals surface area contributed by atoms with Crippen LogP contribution < -0.4 is 22.1 Å². The molecule has 2 amide bonds. The van der Waals surface area contributed by atoms with Gasteiger partial charge in [-0.1, -0.05) is 6.42 Å². The molecule has 1 aliphatic heterocycles. The number of amides is 2. The number of piperidine rings is 1. The largest absolute Gasteiger partial charge is 0.383 e. The monoisotopic (exact) mass is 276 g/mol. The van der Waals surface area contributed by atoms with Gasteiger partial charge in [0.1, 0.15) is 0 Å². The van der Waals surface area contributed by atoms with E-state index in [0.29, 0.717) is 11.7 Å². The maximum absolute atomic E-state index is 11.3. The van der Waals surface area contributed by atoms with Crippen molar-refractivity contribution >= 4 is 17.5 Å². The van der Waals surface area contributed by atoms with E-state index in [9.17, 15) is 9.59 Å². The Bertz CT molecular complexity index is 478. The Hall–Kier alpha value is -2.08. The van der Waals surface area contributed by atoms with Crippen molar-refractivity contribution in [2.24, 2.45) is 11.5 Å². The van der Waals surface area contributed by atoms with Gasteiger partial charge in [0.05, 0.1) is 0 Å². The van der Waals surface area contributed by atoms with Crippen molar-refractivity contribution < 1.29 is 9.59 Å². The molecule has 1 unspecified atom stereocenters. The van der Waals surface area contributed by atoms with Gasteiger partial charge in [0.2, 0.25) is 11.8 Å². The van der Waals surface area contributed by atoms with Crippen LogP contribution in [0.1, 0.15) is 40.0 Å². The minimum atomic E-state index is -0.577. The molecule has 6 nitrogen and oxygen atoms in total. The summed E-state index contributed by atoms with van der Waals surface area (Å²) in [5.74, 6) is -1.15. The predicted molar refractivity (Wildman–Crippen MR) is 77.6 cm³/mol. The number of primary amides is 2. The van der Waals surface area contributed by atoms with Crippen LogP contribution in [0.15, 0.2) is 18.2 Å². The van der Waals surface area contributed by atoms with Crippen molar-refractivity contribution in [2.45, 2.75) is 25.3 Å². The van der Waals surface area contributed by atoms with E-state index in [-0.39, 0.29) is 11.1 Å². The molecule has 1 saturated heterocycles. The van der Waals surface area contributed by atoms with Gasteiger partial charge in [-0.25, -0.2) is 0 Å². The van der Waals surface area contributed by atoms with Crippen molar-refractivity contribution in [3.8, 4) is 0 Å². The van der Waals surface area contributed by atoms with Gasteiger partial charge in [-0.2, -0.15) is 0 Å². The van der Waals surface area contributed by atoms with Crippen molar-refractivity contribution in [2.75, 3.05) is 18.4 Å². The zero-order valence-electron chi connectivity index (χ0n) is 11.3. The molecule has 0 radical (unpaired) electrons. The Kier molecular flexibility index (Phi) is 4.57. The number of nitrogens with two attached hydrogens (primary N) is 2. The lowest BCUT2D eigenvalue weighted by molar-refractivity contribution is 0.0999. The predicted octanol–water partition coefficient (Wildman–Crippen LogP) is 0.438. The maximum Gasteiger partial charge on any atom is 0.248 e. The van der Waals surface area contributed by atoms with Gasteiger partial charge < -0.3 is 22.1 Å². The number of hydrogen-bond acceptors (Lipinski definition) is 4. The molecule has 6 heteroatoms. The molecule has 20 heavy (non-hydrogen) atoms. The van der Waals surface area contributed by atoms with Crippen molar-refractivity contribution in [1.82, 2.24) is 5.32 Å². The standard InChI is InChI=1S/C14H20N4O2/c15-13(19)9-5-10(14(16)20)7-12(6-9)18-8-11-3-1-2-4-17-11/h5-7,11,17-18H,1-4,8H2,(H2,15,19)(H2,16,20). The number of carbonyl (C=O) groups is 2. The van der Waals surface area contributed by atoms with Crippen LogP contribution in [0.25, 0.3) is 0 Å². The average molecular weight is 276 g/mol. The Morgan fingerprint density at radius 1 is 1.15 bits per heavy atom. The molecule has 6 N–H and O–H groups in total. The van der Waals surface area contributed by atoms with Crippen molar-refractivity contribution in [1.29, 1.82) is 0 Å². The lowest BCUT2D eigenvalue weighted by atomic mass is 10.0. The summed E-state index contributed by atoms with van der Waals surface area (Å²) >= 11 is 0. The zero-order valence-corrected chi connectivity index (χ0v) is 11.3. The second-order valence-corrected chi connectivity index (χ2v) is 5.06. The lowest BCUT2D eigenvalue weighted by Gasteiger charge is -2.24. The minimum absolute atomic E-state index is 0.278. The first-order valence-corrected chi connectivity index (χ1v) is 6.78. The van der Waals surface area contributed by atoms with Crippen LogP contribution in [0.2, 0.25) is 0 Å². The Morgan fingerprint density at radius 3 is 2.30 bits per heavy atom. The molecule has 1 heterocycles. The van der Waals surface area contributed by atoms with Gasteiger partial charge in [0.25, 0.3) is 0 Å². The van der Waals surface area contributed by atoms with Gasteiger partial charge >= 0.3 is 0 Å². The highest BCUT2D eigenvalue weighted by Crippen LogP contribution is 2.16. The van der Waals surface area contributed by atoms with Crippen molar-refractivity contribution in [3.05, 3.63) is 29.3 Å². The molecule has 1 fully saturated rings. The van der Waals surface area contributed by atoms with Crippen LogP contribution in [-0.4, -0.2) is 30.9 Å². The molecule has 0 saturated carbocycles. The number of anilines is 1. The van der Waals surface area contributed by atoms with E-state index in [2.05, 4.69) is 10.6 Å². The van der Waals surface area contributed by atoms with Crippen molar-refractivity contribution in [3.63, 3.8) is 0 Å². The second kappa shape index (κ2) is 6.38. The van der Waals surface area contributed by atoms with Crippen LogP contribution in [0.5, 0.6) is 0 Å². The van der Waals surface area contributed by atoms with E-state index in [0.717, 1.165) is 19.5 Å². The summed E-state index contributed by atoms with van der Waals surface area (Å²) in [6, 6.07) is 5.09. The fourth-order valence-corrected chi connectivity index (χ4v) is 2.35. The number of benzene rings is 1. The number of rotatable bonds is 5. The molecule has 0 spiro atoms. The second-order valence-electron chi connectivity index (χ2n) is 5.06. The zero-order chi connectivity index (χ0) is 14.5. The molecule has 0 aliphatic carbocycles. The summed E-state index contributed by atoms with van der Waals surface area (Å²) in [4.78, 5) is 22.5. The van der Waals surface area contributed by atoms with Gasteiger partial charge in [0.15, 0.2) is 0 Å². The fourth-order valence-electron chi connectivity index (χ4n) is 2.35. The first-order valence-electron chi connectivity index (χ1n) is 6.78. The molecule has 1 aromatic rings. The highest BCUT2D eigenvalue weighted by atomic mass is 16.1. The van der Waals surface area contributed by atoms with E-state index in [1.165, 1.54) is 18.9 Å². The summed E-state index contributed by atoms with van der Waals surface area (Å²) in [7, 11) is 0. The van der Waals surface area contributed by atoms with Crippen LogP contribution in [0, 0.1) is 0 Å². The summed E-state index contributed by atoms with van der Waals surface area (Å²) < 4.78 is 0. The highest BCUT2D eigenvalue weighted by molar-refractivity contribution is 5.99. The SMILES string of the molecule is NC(=O)c1cc(NCC2CCCCN2)cc(C(N)=O)c1. The molecule has 2 rings (SSSR count). The van der Waals surface area contributed by atoms with E-state index < -0.39 is 11.8 Å². The summed E-state index contributed by atoms with van der Waals surface area (Å²) in [5.41, 5.74) is 11.8. The molecular weight excluding hydrogens is 256 g/mol. The third kappa shape index (κ3) is 3.71. The molecule has 1 aliphatic rings. The third-order valence-corrected chi connectivity index (χ3v) is 3.47. The molecule has 0 aromatic heterocycles. The summed E-state index contributed by atoms with van der Waals surface area (Å²) in [6.07, 6.45) is 3.54. The Balaban J connectivity index is 2.09. The first kappa shape index (κ1) is 14.3. The third-order valence-electron chi connectivity index (χ3n) is 3.47. The normalized spacial score (nSPS) is 18.5. The lowest BCUT2D eigenvalue weighted by Crippen LogP contribution is -2.39. The summed E-state index contributed by atoms with van der Waals surface area (Å²) in [6.45, 7) is 1.76. The van der Waals surface area contributed by atoms with E-state index in [1.807, 2.05) is 0 Å². The quantitative estimate of drug-likeness (QED) is 0.625. The molecule has 108 valence electrons. The van der Waals surface area contributed by atoms with Gasteiger partial charge in [-0.15, -0.1) is 0 Å². The van der Waals surface area contributed by atoms with E-state index >= 15 is 0 Å². The Morgan fingerprint density at radius 2 is 1.80 bits per heavy atom. The molecular formula is C14H20N4O2. The fraction of sp³-hybridized carbons (Fsp3) is 0.429. The highest BCUT2D eigenvalue weighted by Gasteiger charge is 2.13. The summed E-state index contributed by atoms with van der Waals surface area (Å²) in [5, 5.41) is 6.65. The molecule has 1 aromatic carbocycles. The van der Waals surface area contributed by atoms with E-state index in [1.54, 1.807) is 12.1 Å². The minimum Gasteiger partial charge on any atom is -0.383 e. The topological polar surface area (TPSA) is 110 Å². The van der Waals surface area contributed by atoms with Gasteiger partial charge in [0, 0.05) is 29.4 Å². The smallest absolute Gasteiger partial charge is 0.248 e. The maximum atomic E-state index is 11.3. The van der Waals surface area contributed by atoms with Gasteiger partial charge in [-0.05, 0) is 37.6 Å². The van der Waals surface area contributed by atoms with Crippen LogP contribution in [-0.2, 0) is 0 Å². The van der Waals surface area contributed by atoms with Crippen LogP contribution in [0.3, 0.4) is 0 Å². The van der Waals surface area contributed by atoms with E-state index in [4.69, 9.17) is 11.5 Å². The number of carbonyl (C=O) groups excluding carboxylic acids is 2.